The predicted octanol–water partition coefficient (Wildman–Crippen LogP) is 3.03. The van der Waals surface area contributed by atoms with Gasteiger partial charge in [0.15, 0.2) is 0 Å². The van der Waals surface area contributed by atoms with E-state index < -0.39 is 0 Å². The van der Waals surface area contributed by atoms with Crippen LogP contribution in [-0.2, 0) is 5.41 Å². The summed E-state index contributed by atoms with van der Waals surface area (Å²) in [5.41, 5.74) is 8.04. The summed E-state index contributed by atoms with van der Waals surface area (Å²) in [6.45, 7) is 5.39. The molecule has 0 spiro atoms. The molecule has 1 aliphatic carbocycles. The number of rotatable bonds is 3. The maximum Gasteiger partial charge on any atom is 0.0143 e. The van der Waals surface area contributed by atoms with Crippen molar-refractivity contribution < 1.29 is 0 Å². The summed E-state index contributed by atoms with van der Waals surface area (Å²) in [5, 5.41) is 0. The molecule has 1 saturated carbocycles. The van der Waals surface area contributed by atoms with Gasteiger partial charge in [-0.05, 0) is 29.7 Å². The van der Waals surface area contributed by atoms with Gasteiger partial charge in [0.05, 0.1) is 0 Å². The lowest BCUT2D eigenvalue weighted by molar-refractivity contribution is 0.497. The summed E-state index contributed by atoms with van der Waals surface area (Å²) in [5.74, 6) is 0. The van der Waals surface area contributed by atoms with Crippen molar-refractivity contribution in [3.63, 3.8) is 0 Å². The van der Waals surface area contributed by atoms with Crippen LogP contribution in [0.1, 0.15) is 25.8 Å². The molecule has 1 atom stereocenters. The van der Waals surface area contributed by atoms with Crippen LogP contribution in [0, 0.1) is 5.41 Å². The van der Waals surface area contributed by atoms with Gasteiger partial charge in [-0.3, -0.25) is 0 Å². The van der Waals surface area contributed by atoms with Gasteiger partial charge in [0.25, 0.3) is 0 Å². The van der Waals surface area contributed by atoms with E-state index in [1.54, 1.807) is 0 Å². The third-order valence-corrected chi connectivity index (χ3v) is 4.68. The van der Waals surface area contributed by atoms with E-state index in [4.69, 9.17) is 5.73 Å². The zero-order chi connectivity index (χ0) is 11.1. The van der Waals surface area contributed by atoms with Crippen molar-refractivity contribution in [1.29, 1.82) is 0 Å². The minimum Gasteiger partial charge on any atom is -0.330 e. The van der Waals surface area contributed by atoms with Crippen LogP contribution in [-0.4, -0.2) is 12.8 Å². The van der Waals surface area contributed by atoms with E-state index in [9.17, 15) is 0 Å². The molecule has 1 fully saturated rings. The van der Waals surface area contributed by atoms with Crippen LogP contribution in [0.3, 0.4) is 0 Å². The van der Waals surface area contributed by atoms with E-state index >= 15 is 0 Å². The second kappa shape index (κ2) is 3.53. The number of nitrogens with two attached hydrogens (primary N) is 1. The second-order valence-electron chi connectivity index (χ2n) is 5.05. The van der Waals surface area contributed by atoms with Gasteiger partial charge < -0.3 is 5.73 Å². The van der Waals surface area contributed by atoms with Crippen LogP contribution >= 0.6 is 11.8 Å². The Morgan fingerprint density at radius 2 is 1.93 bits per heavy atom. The fraction of sp³-hybridized carbons (Fsp3) is 0.538. The monoisotopic (exact) mass is 221 g/mol. The molecule has 2 N–H and O–H groups in total. The van der Waals surface area contributed by atoms with Crippen LogP contribution in [0.2, 0.25) is 0 Å². The minimum absolute atomic E-state index is 0.229. The third-order valence-electron chi connectivity index (χ3n) is 3.89. The van der Waals surface area contributed by atoms with E-state index in [0.29, 0.717) is 5.41 Å². The first-order chi connectivity index (χ1) is 7.07. The van der Waals surface area contributed by atoms with E-state index in [1.807, 2.05) is 11.8 Å². The first-order valence-electron chi connectivity index (χ1n) is 5.41. The van der Waals surface area contributed by atoms with Crippen LogP contribution in [0.15, 0.2) is 29.2 Å². The zero-order valence-corrected chi connectivity index (χ0v) is 10.5. The quantitative estimate of drug-likeness (QED) is 0.794. The molecule has 1 unspecified atom stereocenters. The van der Waals surface area contributed by atoms with E-state index in [0.717, 1.165) is 6.54 Å². The summed E-state index contributed by atoms with van der Waals surface area (Å²) in [6, 6.07) is 8.68. The highest BCUT2D eigenvalue weighted by Crippen LogP contribution is 2.64. The molecule has 0 aromatic heterocycles. The normalized spacial score (nSPS) is 27.7. The topological polar surface area (TPSA) is 26.0 Å². The van der Waals surface area contributed by atoms with Crippen molar-refractivity contribution in [2.45, 2.75) is 30.6 Å². The Hall–Kier alpha value is -0.470. The molecule has 0 amide bonds. The highest BCUT2D eigenvalue weighted by atomic mass is 32.2. The Morgan fingerprint density at radius 1 is 1.33 bits per heavy atom. The average Bonchev–Trinajstić information content (AvgIpc) is 2.82. The average molecular weight is 221 g/mol. The molecule has 0 aliphatic heterocycles. The van der Waals surface area contributed by atoms with Gasteiger partial charge in [0.2, 0.25) is 0 Å². The van der Waals surface area contributed by atoms with Gasteiger partial charge >= 0.3 is 0 Å². The molecule has 0 radical (unpaired) electrons. The molecule has 2 rings (SSSR count). The van der Waals surface area contributed by atoms with Crippen LogP contribution in [0.5, 0.6) is 0 Å². The summed E-state index contributed by atoms with van der Waals surface area (Å²) in [4.78, 5) is 1.38. The molecule has 1 aromatic carbocycles. The number of hydrogen-bond acceptors (Lipinski definition) is 2. The lowest BCUT2D eigenvalue weighted by atomic mass is 9.88. The van der Waals surface area contributed by atoms with Crippen LogP contribution in [0.25, 0.3) is 0 Å². The van der Waals surface area contributed by atoms with Crippen molar-refractivity contribution in [2.24, 2.45) is 11.1 Å². The smallest absolute Gasteiger partial charge is 0.0143 e. The lowest BCUT2D eigenvalue weighted by Gasteiger charge is -2.21. The number of hydrogen-bond donors (Lipinski definition) is 1. The Kier molecular flexibility index (Phi) is 2.60. The third kappa shape index (κ3) is 1.51. The molecular weight excluding hydrogens is 202 g/mol. The summed E-state index contributed by atoms with van der Waals surface area (Å²) < 4.78 is 0. The molecule has 82 valence electrons. The molecule has 1 nitrogen and oxygen atoms in total. The highest BCUT2D eigenvalue weighted by molar-refractivity contribution is 7.98. The van der Waals surface area contributed by atoms with Crippen LogP contribution in [0.4, 0.5) is 0 Å². The maximum atomic E-state index is 5.99. The molecular formula is C13H19NS. The van der Waals surface area contributed by atoms with Gasteiger partial charge in [-0.2, -0.15) is 0 Å². The first kappa shape index (κ1) is 11.0. The highest BCUT2D eigenvalue weighted by Gasteiger charge is 2.61. The van der Waals surface area contributed by atoms with Gasteiger partial charge in [0.1, 0.15) is 0 Å². The summed E-state index contributed by atoms with van der Waals surface area (Å²) in [7, 11) is 0. The van der Waals surface area contributed by atoms with E-state index in [2.05, 4.69) is 44.4 Å². The largest absolute Gasteiger partial charge is 0.330 e. The Balaban J connectivity index is 2.46. The Labute approximate surface area is 96.4 Å². The van der Waals surface area contributed by atoms with Crippen molar-refractivity contribution in [1.82, 2.24) is 0 Å². The van der Waals surface area contributed by atoms with Crippen molar-refractivity contribution >= 4 is 11.8 Å². The van der Waals surface area contributed by atoms with Gasteiger partial charge in [-0.15, -0.1) is 11.8 Å². The van der Waals surface area contributed by atoms with E-state index in [1.165, 1.54) is 16.9 Å². The second-order valence-corrected chi connectivity index (χ2v) is 5.90. The molecule has 0 bridgehead atoms. The minimum atomic E-state index is 0.229. The fourth-order valence-corrected chi connectivity index (χ4v) is 3.37. The summed E-state index contributed by atoms with van der Waals surface area (Å²) >= 11 is 1.82. The van der Waals surface area contributed by atoms with Crippen LogP contribution < -0.4 is 5.73 Å². The molecule has 0 heterocycles. The standard InChI is InChI=1S/C13H19NS/c1-12(2)8-13(12,9-14)10-6-4-5-7-11(10)15-3/h4-7H,8-9,14H2,1-3H3. The van der Waals surface area contributed by atoms with Gasteiger partial charge in [-0.25, -0.2) is 0 Å². The molecule has 2 heteroatoms. The molecule has 0 saturated heterocycles. The van der Waals surface area contributed by atoms with Crippen molar-refractivity contribution in [3.8, 4) is 0 Å². The Morgan fingerprint density at radius 3 is 2.40 bits per heavy atom. The predicted molar refractivity (Wildman–Crippen MR) is 67.4 cm³/mol. The number of thioether (sulfide) groups is 1. The SMILES string of the molecule is CSc1ccccc1C1(CN)CC1(C)C. The van der Waals surface area contributed by atoms with Gasteiger partial charge in [-0.1, -0.05) is 32.0 Å². The first-order valence-corrected chi connectivity index (χ1v) is 6.63. The van der Waals surface area contributed by atoms with Gasteiger partial charge in [0, 0.05) is 16.9 Å². The van der Waals surface area contributed by atoms with Crippen molar-refractivity contribution in [2.75, 3.05) is 12.8 Å². The Bertz CT molecular complexity index is 373. The fourth-order valence-electron chi connectivity index (χ4n) is 2.67. The van der Waals surface area contributed by atoms with Crippen molar-refractivity contribution in [3.05, 3.63) is 29.8 Å². The maximum absolute atomic E-state index is 5.99. The molecule has 15 heavy (non-hydrogen) atoms. The zero-order valence-electron chi connectivity index (χ0n) is 9.71. The van der Waals surface area contributed by atoms with E-state index in [-0.39, 0.29) is 5.41 Å². The number of benzene rings is 1. The molecule has 1 aromatic rings. The lowest BCUT2D eigenvalue weighted by Crippen LogP contribution is -2.25. The summed E-state index contributed by atoms with van der Waals surface area (Å²) in [6.07, 6.45) is 3.35. The molecule has 1 aliphatic rings.